The lowest BCUT2D eigenvalue weighted by Crippen LogP contribution is -2.32. The van der Waals surface area contributed by atoms with Crippen molar-refractivity contribution in [2.24, 2.45) is 5.41 Å². The third-order valence-corrected chi connectivity index (χ3v) is 1.93. The van der Waals surface area contributed by atoms with E-state index in [0.717, 1.165) is 0 Å². The lowest BCUT2D eigenvalue weighted by Gasteiger charge is -2.18. The van der Waals surface area contributed by atoms with E-state index in [4.69, 9.17) is 16.0 Å². The third kappa shape index (κ3) is 3.07. The Morgan fingerprint density at radius 1 is 1.57 bits per heavy atom. The maximum absolute atomic E-state index is 11.5. The van der Waals surface area contributed by atoms with Gasteiger partial charge in [-0.15, -0.1) is 0 Å². The number of hydrogen-bond acceptors (Lipinski definition) is 2. The number of carbonyl (C=O) groups is 1. The van der Waals surface area contributed by atoms with Gasteiger partial charge in [-0.05, 0) is 23.1 Å². The van der Waals surface area contributed by atoms with Crippen LogP contribution >= 0.6 is 11.6 Å². The summed E-state index contributed by atoms with van der Waals surface area (Å²) in [5.41, 5.74) is 0.446. The van der Waals surface area contributed by atoms with E-state index in [1.54, 1.807) is 6.07 Å². The Morgan fingerprint density at radius 2 is 2.21 bits per heavy atom. The van der Waals surface area contributed by atoms with Gasteiger partial charge in [-0.3, -0.25) is 4.79 Å². The summed E-state index contributed by atoms with van der Waals surface area (Å²) in [5, 5.41) is 2.92. The largest absolute Gasteiger partial charge is 0.452 e. The predicted molar refractivity (Wildman–Crippen MR) is 55.5 cm³/mol. The van der Waals surface area contributed by atoms with Gasteiger partial charge in [0.2, 0.25) is 5.22 Å². The van der Waals surface area contributed by atoms with Crippen molar-refractivity contribution in [3.8, 4) is 0 Å². The highest BCUT2D eigenvalue weighted by atomic mass is 35.5. The first-order valence-corrected chi connectivity index (χ1v) is 4.79. The SMILES string of the molecule is CC(C)(C)CNC(=O)c1ccoc1Cl. The van der Waals surface area contributed by atoms with Crippen LogP contribution in [-0.4, -0.2) is 12.5 Å². The van der Waals surface area contributed by atoms with Gasteiger partial charge < -0.3 is 9.73 Å². The Morgan fingerprint density at radius 3 is 2.64 bits per heavy atom. The summed E-state index contributed by atoms with van der Waals surface area (Å²) in [6.45, 7) is 6.74. The number of rotatable bonds is 2. The molecule has 3 nitrogen and oxygen atoms in total. The second-order valence-electron chi connectivity index (χ2n) is 4.35. The molecule has 0 radical (unpaired) electrons. The van der Waals surface area contributed by atoms with Gasteiger partial charge in [-0.25, -0.2) is 0 Å². The normalized spacial score (nSPS) is 11.4. The van der Waals surface area contributed by atoms with Gasteiger partial charge >= 0.3 is 0 Å². The van der Waals surface area contributed by atoms with Crippen molar-refractivity contribution in [2.45, 2.75) is 20.8 Å². The van der Waals surface area contributed by atoms with E-state index in [9.17, 15) is 4.79 Å². The summed E-state index contributed by atoms with van der Waals surface area (Å²) in [7, 11) is 0. The fourth-order valence-corrected chi connectivity index (χ4v) is 1.10. The van der Waals surface area contributed by atoms with Crippen LogP contribution in [0, 0.1) is 5.41 Å². The van der Waals surface area contributed by atoms with Crippen molar-refractivity contribution in [1.82, 2.24) is 5.32 Å². The van der Waals surface area contributed by atoms with Crippen LogP contribution in [0.15, 0.2) is 16.7 Å². The molecule has 1 heterocycles. The molecule has 1 aromatic heterocycles. The minimum Gasteiger partial charge on any atom is -0.452 e. The molecule has 78 valence electrons. The predicted octanol–water partition coefficient (Wildman–Crippen LogP) is 2.71. The maximum atomic E-state index is 11.5. The molecule has 0 unspecified atom stereocenters. The van der Waals surface area contributed by atoms with E-state index >= 15 is 0 Å². The highest BCUT2D eigenvalue weighted by Crippen LogP contribution is 2.17. The Labute approximate surface area is 88.4 Å². The Kier molecular flexibility index (Phi) is 3.21. The molecular weight excluding hydrogens is 202 g/mol. The lowest BCUT2D eigenvalue weighted by molar-refractivity contribution is 0.0939. The van der Waals surface area contributed by atoms with Crippen LogP contribution in [0.1, 0.15) is 31.1 Å². The highest BCUT2D eigenvalue weighted by molar-refractivity contribution is 6.32. The first-order valence-electron chi connectivity index (χ1n) is 4.41. The molecule has 0 bridgehead atoms. The van der Waals surface area contributed by atoms with Gasteiger partial charge in [0.25, 0.3) is 5.91 Å². The van der Waals surface area contributed by atoms with Gasteiger partial charge in [0, 0.05) is 6.54 Å². The van der Waals surface area contributed by atoms with E-state index in [-0.39, 0.29) is 16.5 Å². The third-order valence-electron chi connectivity index (χ3n) is 1.64. The fourth-order valence-electron chi connectivity index (χ4n) is 0.896. The van der Waals surface area contributed by atoms with Crippen LogP contribution in [0.3, 0.4) is 0 Å². The van der Waals surface area contributed by atoms with Gasteiger partial charge in [0.05, 0.1) is 11.8 Å². The number of furan rings is 1. The number of carbonyl (C=O) groups excluding carboxylic acids is 1. The molecule has 0 aliphatic rings. The minimum atomic E-state index is -0.196. The molecule has 0 aliphatic heterocycles. The monoisotopic (exact) mass is 215 g/mol. The van der Waals surface area contributed by atoms with Crippen LogP contribution in [0.25, 0.3) is 0 Å². The van der Waals surface area contributed by atoms with Gasteiger partial charge in [-0.2, -0.15) is 0 Å². The quantitative estimate of drug-likeness (QED) is 0.824. The van der Waals surface area contributed by atoms with Crippen LogP contribution in [0.2, 0.25) is 5.22 Å². The van der Waals surface area contributed by atoms with Gasteiger partial charge in [0.1, 0.15) is 0 Å². The Bertz CT molecular complexity index is 325. The van der Waals surface area contributed by atoms with E-state index in [1.165, 1.54) is 6.26 Å². The first kappa shape index (κ1) is 11.1. The first-order chi connectivity index (χ1) is 6.40. The number of amides is 1. The summed E-state index contributed by atoms with van der Waals surface area (Å²) in [6, 6.07) is 1.56. The van der Waals surface area contributed by atoms with Crippen molar-refractivity contribution in [2.75, 3.05) is 6.54 Å². The highest BCUT2D eigenvalue weighted by Gasteiger charge is 2.16. The van der Waals surface area contributed by atoms with Crippen molar-refractivity contribution >= 4 is 17.5 Å². The second kappa shape index (κ2) is 4.05. The molecule has 0 saturated carbocycles. The standard InChI is InChI=1S/C10H14ClNO2/c1-10(2,3)6-12-9(13)7-4-5-14-8(7)11/h4-5H,6H2,1-3H3,(H,12,13). The topological polar surface area (TPSA) is 42.2 Å². The average molecular weight is 216 g/mol. The molecule has 0 aromatic carbocycles. The zero-order chi connectivity index (χ0) is 10.8. The lowest BCUT2D eigenvalue weighted by atomic mass is 9.97. The van der Waals surface area contributed by atoms with E-state index in [2.05, 4.69) is 5.32 Å². The van der Waals surface area contributed by atoms with E-state index < -0.39 is 0 Å². The molecule has 4 heteroatoms. The summed E-state index contributed by atoms with van der Waals surface area (Å²) in [6.07, 6.45) is 1.40. The molecule has 1 rings (SSSR count). The van der Waals surface area contributed by atoms with Crippen LogP contribution in [0.4, 0.5) is 0 Å². The smallest absolute Gasteiger partial charge is 0.256 e. The van der Waals surface area contributed by atoms with Crippen LogP contribution in [-0.2, 0) is 0 Å². The summed E-state index contributed by atoms with van der Waals surface area (Å²) in [4.78, 5) is 11.5. The molecule has 0 atom stereocenters. The molecule has 1 N–H and O–H groups in total. The number of hydrogen-bond donors (Lipinski definition) is 1. The van der Waals surface area contributed by atoms with Crippen molar-refractivity contribution in [1.29, 1.82) is 0 Å². The summed E-state index contributed by atoms with van der Waals surface area (Å²) >= 11 is 5.66. The van der Waals surface area contributed by atoms with E-state index in [1.807, 2.05) is 20.8 Å². The van der Waals surface area contributed by atoms with Crippen LogP contribution in [0.5, 0.6) is 0 Å². The van der Waals surface area contributed by atoms with Gasteiger partial charge in [0.15, 0.2) is 0 Å². The second-order valence-corrected chi connectivity index (χ2v) is 4.69. The van der Waals surface area contributed by atoms with Crippen molar-refractivity contribution < 1.29 is 9.21 Å². The number of nitrogens with one attached hydrogen (secondary N) is 1. The fraction of sp³-hybridized carbons (Fsp3) is 0.500. The molecule has 0 spiro atoms. The molecule has 1 amide bonds. The zero-order valence-electron chi connectivity index (χ0n) is 8.56. The molecule has 0 saturated heterocycles. The van der Waals surface area contributed by atoms with Gasteiger partial charge in [-0.1, -0.05) is 20.8 Å². The molecule has 14 heavy (non-hydrogen) atoms. The van der Waals surface area contributed by atoms with Crippen LogP contribution < -0.4 is 5.32 Å². The molecule has 1 aromatic rings. The molecule has 0 aliphatic carbocycles. The molecule has 0 fully saturated rings. The Balaban J connectivity index is 2.56. The Hall–Kier alpha value is -0.960. The minimum absolute atomic E-state index is 0.0614. The van der Waals surface area contributed by atoms with E-state index in [0.29, 0.717) is 12.1 Å². The molecular formula is C10H14ClNO2. The summed E-state index contributed by atoms with van der Waals surface area (Å²) < 4.78 is 4.82. The summed E-state index contributed by atoms with van der Waals surface area (Å²) in [5.74, 6) is -0.196. The van der Waals surface area contributed by atoms with Crippen molar-refractivity contribution in [3.05, 3.63) is 23.1 Å². The van der Waals surface area contributed by atoms with Crippen molar-refractivity contribution in [3.63, 3.8) is 0 Å². The zero-order valence-corrected chi connectivity index (χ0v) is 9.31. The average Bonchev–Trinajstić information content (AvgIpc) is 2.46. The maximum Gasteiger partial charge on any atom is 0.256 e. The number of halogens is 1.